The first-order valence-corrected chi connectivity index (χ1v) is 9.12. The summed E-state index contributed by atoms with van der Waals surface area (Å²) < 4.78 is 28.7. The Labute approximate surface area is 134 Å². The molecule has 1 saturated heterocycles. The van der Waals surface area contributed by atoms with Crippen LogP contribution in [0.4, 0.5) is 0 Å². The fraction of sp³-hybridized carbons (Fsp3) is 0.400. The minimum absolute atomic E-state index is 0.0255. The largest absolute Gasteiger partial charge is 0.488 e. The molecule has 0 bridgehead atoms. The van der Waals surface area contributed by atoms with Gasteiger partial charge in [-0.3, -0.25) is 4.79 Å². The Morgan fingerprint density at radius 1 is 1.41 bits per heavy atom. The molecule has 2 heterocycles. The Bertz CT molecular complexity index is 772. The predicted molar refractivity (Wildman–Crippen MR) is 84.7 cm³/mol. The molecule has 5 nitrogen and oxygen atoms in total. The van der Waals surface area contributed by atoms with Crippen LogP contribution in [0, 0.1) is 0 Å². The lowest BCUT2D eigenvalue weighted by atomic mass is 10.0. The van der Waals surface area contributed by atoms with E-state index in [9.17, 15) is 13.2 Å². The molecule has 0 unspecified atom stereocenters. The van der Waals surface area contributed by atoms with Gasteiger partial charge < -0.3 is 10.1 Å². The number of nitrogens with one attached hydrogen (secondary N) is 1. The molecule has 2 aliphatic heterocycles. The van der Waals surface area contributed by atoms with Gasteiger partial charge in [-0.2, -0.15) is 0 Å². The van der Waals surface area contributed by atoms with Crippen molar-refractivity contribution in [2.45, 2.75) is 18.9 Å². The number of rotatable bonds is 2. The number of halogens is 1. The summed E-state index contributed by atoms with van der Waals surface area (Å²) in [5.41, 5.74) is 0.485. The summed E-state index contributed by atoms with van der Waals surface area (Å²) >= 11 is 5.94. The molecule has 1 fully saturated rings. The number of hydrogen-bond donors (Lipinski definition) is 1. The molecule has 22 heavy (non-hydrogen) atoms. The average molecular weight is 342 g/mol. The zero-order chi connectivity index (χ0) is 16.0. The van der Waals surface area contributed by atoms with E-state index in [1.54, 1.807) is 31.2 Å². The highest BCUT2D eigenvalue weighted by Gasteiger charge is 2.40. The fourth-order valence-electron chi connectivity index (χ4n) is 2.74. The van der Waals surface area contributed by atoms with Crippen LogP contribution in [0.2, 0.25) is 5.02 Å². The summed E-state index contributed by atoms with van der Waals surface area (Å²) in [6, 6.07) is 5.21. The highest BCUT2D eigenvalue weighted by atomic mass is 35.5. The van der Waals surface area contributed by atoms with Gasteiger partial charge in [-0.05, 0) is 37.6 Å². The van der Waals surface area contributed by atoms with Crippen LogP contribution < -0.4 is 10.1 Å². The van der Waals surface area contributed by atoms with E-state index in [1.807, 2.05) is 0 Å². The van der Waals surface area contributed by atoms with Crippen LogP contribution >= 0.6 is 11.6 Å². The first-order valence-electron chi connectivity index (χ1n) is 6.92. The maximum absolute atomic E-state index is 12.4. The van der Waals surface area contributed by atoms with Crippen LogP contribution in [0.1, 0.15) is 18.9 Å². The number of hydrogen-bond acceptors (Lipinski definition) is 4. The molecule has 0 aliphatic carbocycles. The van der Waals surface area contributed by atoms with Gasteiger partial charge in [0.15, 0.2) is 9.84 Å². The van der Waals surface area contributed by atoms with Crippen LogP contribution in [0.15, 0.2) is 23.8 Å². The number of sulfone groups is 1. The number of carbonyl (C=O) groups excluding carboxylic acids is 1. The molecule has 1 aromatic carbocycles. The first kappa shape index (κ1) is 15.4. The monoisotopic (exact) mass is 341 g/mol. The first-order chi connectivity index (χ1) is 10.3. The Hall–Kier alpha value is -1.53. The summed E-state index contributed by atoms with van der Waals surface area (Å²) in [5.74, 6) is 0.459. The quantitative estimate of drug-likeness (QED) is 0.890. The normalized spacial score (nSPS) is 25.8. The van der Waals surface area contributed by atoms with E-state index in [1.165, 1.54) is 0 Å². The van der Waals surface area contributed by atoms with E-state index in [2.05, 4.69) is 5.32 Å². The van der Waals surface area contributed by atoms with E-state index in [0.717, 1.165) is 5.56 Å². The molecule has 0 aromatic heterocycles. The molecule has 0 radical (unpaired) electrons. The van der Waals surface area contributed by atoms with Crippen molar-refractivity contribution < 1.29 is 17.9 Å². The van der Waals surface area contributed by atoms with Crippen LogP contribution in [0.25, 0.3) is 6.08 Å². The van der Waals surface area contributed by atoms with Gasteiger partial charge >= 0.3 is 0 Å². The smallest absolute Gasteiger partial charge is 0.251 e. The van der Waals surface area contributed by atoms with Crippen molar-refractivity contribution in [1.29, 1.82) is 0 Å². The number of amides is 1. The lowest BCUT2D eigenvalue weighted by Gasteiger charge is -2.26. The van der Waals surface area contributed by atoms with Crippen molar-refractivity contribution in [1.82, 2.24) is 5.32 Å². The third kappa shape index (κ3) is 3.13. The van der Waals surface area contributed by atoms with Crippen LogP contribution in [-0.2, 0) is 14.6 Å². The van der Waals surface area contributed by atoms with Crippen molar-refractivity contribution >= 4 is 33.4 Å². The maximum atomic E-state index is 12.4. The lowest BCUT2D eigenvalue weighted by Crippen LogP contribution is -2.48. The maximum Gasteiger partial charge on any atom is 0.251 e. The number of benzene rings is 1. The average Bonchev–Trinajstić information content (AvgIpc) is 2.71. The van der Waals surface area contributed by atoms with Crippen molar-refractivity contribution in [3.05, 3.63) is 34.4 Å². The van der Waals surface area contributed by atoms with E-state index in [4.69, 9.17) is 16.3 Å². The van der Waals surface area contributed by atoms with Gasteiger partial charge in [-0.1, -0.05) is 11.6 Å². The fourth-order valence-corrected chi connectivity index (χ4v) is 5.02. The van der Waals surface area contributed by atoms with Gasteiger partial charge in [0.05, 0.1) is 22.6 Å². The summed E-state index contributed by atoms with van der Waals surface area (Å²) in [6.45, 7) is 1.91. The minimum Gasteiger partial charge on any atom is -0.488 e. The highest BCUT2D eigenvalue weighted by molar-refractivity contribution is 7.91. The number of carbonyl (C=O) groups is 1. The second kappa shape index (κ2) is 5.28. The number of fused-ring (bicyclic) bond motifs is 1. The van der Waals surface area contributed by atoms with Gasteiger partial charge in [-0.25, -0.2) is 8.42 Å². The van der Waals surface area contributed by atoms with Crippen LogP contribution in [-0.4, -0.2) is 38.0 Å². The summed E-state index contributed by atoms with van der Waals surface area (Å²) in [7, 11) is -3.07. The van der Waals surface area contributed by atoms with Crippen molar-refractivity contribution in [2.75, 3.05) is 18.1 Å². The topological polar surface area (TPSA) is 72.5 Å². The van der Waals surface area contributed by atoms with Gasteiger partial charge in [0.25, 0.3) is 5.91 Å². The Kier molecular flexibility index (Phi) is 3.69. The van der Waals surface area contributed by atoms with Crippen molar-refractivity contribution in [2.24, 2.45) is 0 Å². The molecular weight excluding hydrogens is 326 g/mol. The Morgan fingerprint density at radius 2 is 2.18 bits per heavy atom. The van der Waals surface area contributed by atoms with E-state index >= 15 is 0 Å². The molecule has 0 spiro atoms. The van der Waals surface area contributed by atoms with E-state index in [-0.39, 0.29) is 24.0 Å². The van der Waals surface area contributed by atoms with Gasteiger partial charge in [0.1, 0.15) is 12.4 Å². The standard InChI is InChI=1S/C15H16ClNO4S/c1-15(4-5-22(19,20)9-15)17-14(18)11-6-10-7-12(16)2-3-13(10)21-8-11/h2-3,6-7H,4-5,8-9H2,1H3,(H,17,18)/t15-/m0/s1. The zero-order valence-corrected chi connectivity index (χ0v) is 13.6. The van der Waals surface area contributed by atoms with E-state index in [0.29, 0.717) is 22.8 Å². The molecule has 1 amide bonds. The lowest BCUT2D eigenvalue weighted by molar-refractivity contribution is -0.119. The molecular formula is C15H16ClNO4S. The second-order valence-electron chi connectivity index (χ2n) is 6.00. The highest BCUT2D eigenvalue weighted by Crippen LogP contribution is 2.30. The Morgan fingerprint density at radius 3 is 2.86 bits per heavy atom. The minimum atomic E-state index is -3.07. The zero-order valence-electron chi connectivity index (χ0n) is 12.1. The SMILES string of the molecule is C[C@]1(NC(=O)C2=Cc3cc(Cl)ccc3OC2)CCS(=O)(=O)C1. The van der Waals surface area contributed by atoms with Crippen LogP contribution in [0.3, 0.4) is 0 Å². The van der Waals surface area contributed by atoms with E-state index < -0.39 is 15.4 Å². The predicted octanol–water partition coefficient (Wildman–Crippen LogP) is 1.81. The summed E-state index contributed by atoms with van der Waals surface area (Å²) in [6.07, 6.45) is 2.16. The summed E-state index contributed by atoms with van der Waals surface area (Å²) in [4.78, 5) is 12.4. The molecule has 1 atom stereocenters. The van der Waals surface area contributed by atoms with Gasteiger partial charge in [-0.15, -0.1) is 0 Å². The molecule has 0 saturated carbocycles. The van der Waals surface area contributed by atoms with Gasteiger partial charge in [0.2, 0.25) is 0 Å². The third-order valence-electron chi connectivity index (χ3n) is 3.90. The molecule has 3 rings (SSSR count). The molecule has 2 aliphatic rings. The molecule has 1 N–H and O–H groups in total. The molecule has 7 heteroatoms. The second-order valence-corrected chi connectivity index (χ2v) is 8.62. The molecule has 1 aromatic rings. The van der Waals surface area contributed by atoms with Crippen molar-refractivity contribution in [3.8, 4) is 5.75 Å². The van der Waals surface area contributed by atoms with Gasteiger partial charge in [0, 0.05) is 10.6 Å². The molecule has 118 valence electrons. The Balaban J connectivity index is 1.79. The van der Waals surface area contributed by atoms with Crippen LogP contribution in [0.5, 0.6) is 5.75 Å². The van der Waals surface area contributed by atoms with Crippen molar-refractivity contribution in [3.63, 3.8) is 0 Å². The number of ether oxygens (including phenoxy) is 1. The summed E-state index contributed by atoms with van der Waals surface area (Å²) in [5, 5.41) is 3.39. The third-order valence-corrected chi connectivity index (χ3v) is 6.03.